The molecular formula is C15H22ClN3. The van der Waals surface area contributed by atoms with Gasteiger partial charge < -0.3 is 10.6 Å². The number of hydrogen-bond donors (Lipinski definition) is 1. The molecule has 19 heavy (non-hydrogen) atoms. The molecule has 0 spiro atoms. The number of nitrogens with two attached hydrogens (primary N) is 1. The number of rotatable bonds is 3. The van der Waals surface area contributed by atoms with E-state index in [1.165, 1.54) is 12.8 Å². The lowest BCUT2D eigenvalue weighted by Crippen LogP contribution is -2.42. The van der Waals surface area contributed by atoms with E-state index in [1.54, 1.807) is 0 Å². The number of aliphatic imine (C=N–C) groups is 1. The molecule has 0 aliphatic carbocycles. The number of piperidine rings is 1. The van der Waals surface area contributed by atoms with E-state index < -0.39 is 0 Å². The van der Waals surface area contributed by atoms with Gasteiger partial charge in [-0.05, 0) is 36.8 Å². The highest BCUT2D eigenvalue weighted by Crippen LogP contribution is 2.16. The number of hydrogen-bond acceptors (Lipinski definition) is 1. The minimum absolute atomic E-state index is 0.680. The van der Waals surface area contributed by atoms with E-state index in [2.05, 4.69) is 16.8 Å². The van der Waals surface area contributed by atoms with Crippen molar-refractivity contribution >= 4 is 17.6 Å². The third-order valence-electron chi connectivity index (χ3n) is 3.72. The lowest BCUT2D eigenvalue weighted by molar-refractivity contribution is 0.277. The summed E-state index contributed by atoms with van der Waals surface area (Å²) in [5.74, 6) is 1.49. The first kappa shape index (κ1) is 14.2. The molecule has 1 aliphatic rings. The van der Waals surface area contributed by atoms with Crippen molar-refractivity contribution in [2.75, 3.05) is 19.6 Å². The molecule has 1 saturated heterocycles. The third kappa shape index (κ3) is 4.13. The average Bonchev–Trinajstić information content (AvgIpc) is 2.41. The van der Waals surface area contributed by atoms with Crippen molar-refractivity contribution in [3.63, 3.8) is 0 Å². The molecule has 2 rings (SSSR count). The Balaban J connectivity index is 1.83. The Morgan fingerprint density at radius 1 is 1.37 bits per heavy atom. The molecule has 104 valence electrons. The van der Waals surface area contributed by atoms with E-state index in [4.69, 9.17) is 17.3 Å². The average molecular weight is 280 g/mol. The maximum Gasteiger partial charge on any atom is 0.191 e. The van der Waals surface area contributed by atoms with E-state index in [9.17, 15) is 0 Å². The van der Waals surface area contributed by atoms with Crippen LogP contribution in [-0.2, 0) is 6.42 Å². The Morgan fingerprint density at radius 2 is 2.05 bits per heavy atom. The summed E-state index contributed by atoms with van der Waals surface area (Å²) in [6.45, 7) is 5.05. The Bertz CT molecular complexity index is 437. The molecule has 1 fully saturated rings. The van der Waals surface area contributed by atoms with Gasteiger partial charge >= 0.3 is 0 Å². The van der Waals surface area contributed by atoms with E-state index in [-0.39, 0.29) is 0 Å². The molecule has 0 radical (unpaired) electrons. The maximum absolute atomic E-state index is 6.11. The van der Waals surface area contributed by atoms with E-state index in [0.29, 0.717) is 12.5 Å². The molecule has 0 atom stereocenters. The molecule has 3 nitrogen and oxygen atoms in total. The third-order valence-corrected chi connectivity index (χ3v) is 4.09. The van der Waals surface area contributed by atoms with Crippen LogP contribution in [0.5, 0.6) is 0 Å². The second kappa shape index (κ2) is 6.80. The Kier molecular flexibility index (Phi) is 5.08. The monoisotopic (exact) mass is 279 g/mol. The standard InChI is InChI=1S/C15H22ClN3/c1-12-7-10-19(11-8-12)15(17)18-9-6-13-4-2-3-5-14(13)16/h2-5,12H,6-11H2,1H3,(H2,17,18). The van der Waals surface area contributed by atoms with Crippen LogP contribution in [0.4, 0.5) is 0 Å². The van der Waals surface area contributed by atoms with Crippen LogP contribution in [0, 0.1) is 5.92 Å². The summed E-state index contributed by atoms with van der Waals surface area (Å²) in [6.07, 6.45) is 3.26. The first-order valence-corrected chi connectivity index (χ1v) is 7.33. The predicted molar refractivity (Wildman–Crippen MR) is 81.6 cm³/mol. The largest absolute Gasteiger partial charge is 0.370 e. The van der Waals surface area contributed by atoms with Crippen molar-refractivity contribution in [1.29, 1.82) is 0 Å². The molecule has 1 aliphatic heterocycles. The van der Waals surface area contributed by atoms with Gasteiger partial charge in [-0.3, -0.25) is 4.99 Å². The molecule has 0 unspecified atom stereocenters. The molecule has 0 bridgehead atoms. The number of nitrogens with zero attached hydrogens (tertiary/aromatic N) is 2. The van der Waals surface area contributed by atoms with Crippen LogP contribution in [-0.4, -0.2) is 30.5 Å². The summed E-state index contributed by atoms with van der Waals surface area (Å²) in [5, 5.41) is 0.808. The van der Waals surface area contributed by atoms with E-state index in [1.807, 2.05) is 24.3 Å². The smallest absolute Gasteiger partial charge is 0.191 e. The van der Waals surface area contributed by atoms with Gasteiger partial charge in [0.2, 0.25) is 0 Å². The van der Waals surface area contributed by atoms with Crippen LogP contribution in [0.1, 0.15) is 25.3 Å². The maximum atomic E-state index is 6.11. The lowest BCUT2D eigenvalue weighted by Gasteiger charge is -2.31. The Labute approximate surface area is 120 Å². The molecule has 0 amide bonds. The van der Waals surface area contributed by atoms with Gasteiger partial charge in [0.15, 0.2) is 5.96 Å². The van der Waals surface area contributed by atoms with Gasteiger partial charge in [-0.25, -0.2) is 0 Å². The van der Waals surface area contributed by atoms with Crippen LogP contribution < -0.4 is 5.73 Å². The molecule has 1 heterocycles. The van der Waals surface area contributed by atoms with Gasteiger partial charge in [0.25, 0.3) is 0 Å². The lowest BCUT2D eigenvalue weighted by atomic mass is 10.00. The highest BCUT2D eigenvalue weighted by molar-refractivity contribution is 6.31. The summed E-state index contributed by atoms with van der Waals surface area (Å²) < 4.78 is 0. The minimum atomic E-state index is 0.680. The van der Waals surface area contributed by atoms with Crippen LogP contribution in [0.2, 0.25) is 5.02 Å². The van der Waals surface area contributed by atoms with Gasteiger partial charge in [0, 0.05) is 24.7 Å². The van der Waals surface area contributed by atoms with Gasteiger partial charge in [0.05, 0.1) is 0 Å². The summed E-state index contributed by atoms with van der Waals surface area (Å²) >= 11 is 6.11. The van der Waals surface area contributed by atoms with Crippen molar-refractivity contribution in [2.24, 2.45) is 16.6 Å². The van der Waals surface area contributed by atoms with Crippen molar-refractivity contribution in [1.82, 2.24) is 4.90 Å². The normalized spacial score (nSPS) is 17.8. The predicted octanol–water partition coefficient (Wildman–Crippen LogP) is 2.93. The topological polar surface area (TPSA) is 41.6 Å². The summed E-state index contributed by atoms with van der Waals surface area (Å²) in [6, 6.07) is 7.89. The van der Waals surface area contributed by atoms with Crippen molar-refractivity contribution in [2.45, 2.75) is 26.2 Å². The van der Waals surface area contributed by atoms with Crippen LogP contribution in [0.15, 0.2) is 29.3 Å². The molecular weight excluding hydrogens is 258 g/mol. The van der Waals surface area contributed by atoms with E-state index in [0.717, 1.165) is 36.0 Å². The molecule has 2 N–H and O–H groups in total. The number of halogens is 1. The fraction of sp³-hybridized carbons (Fsp3) is 0.533. The van der Waals surface area contributed by atoms with Gasteiger partial charge in [0.1, 0.15) is 0 Å². The molecule has 0 aromatic heterocycles. The minimum Gasteiger partial charge on any atom is -0.370 e. The fourth-order valence-corrected chi connectivity index (χ4v) is 2.56. The van der Waals surface area contributed by atoms with Crippen molar-refractivity contribution in [3.05, 3.63) is 34.9 Å². The second-order valence-electron chi connectivity index (χ2n) is 5.25. The first-order valence-electron chi connectivity index (χ1n) is 6.95. The first-order chi connectivity index (χ1) is 9.16. The summed E-state index contributed by atoms with van der Waals surface area (Å²) in [7, 11) is 0. The number of guanidine groups is 1. The zero-order valence-corrected chi connectivity index (χ0v) is 12.2. The SMILES string of the molecule is CC1CCN(C(N)=NCCc2ccccc2Cl)CC1. The number of likely N-dealkylation sites (tertiary alicyclic amines) is 1. The zero-order valence-electron chi connectivity index (χ0n) is 11.5. The van der Waals surface area contributed by atoms with Crippen LogP contribution >= 0.6 is 11.6 Å². The number of benzene rings is 1. The summed E-state index contributed by atoms with van der Waals surface area (Å²) in [5.41, 5.74) is 7.17. The van der Waals surface area contributed by atoms with E-state index >= 15 is 0 Å². The highest BCUT2D eigenvalue weighted by Gasteiger charge is 2.16. The fourth-order valence-electron chi connectivity index (χ4n) is 2.33. The van der Waals surface area contributed by atoms with Crippen LogP contribution in [0.25, 0.3) is 0 Å². The van der Waals surface area contributed by atoms with Crippen molar-refractivity contribution in [3.8, 4) is 0 Å². The zero-order chi connectivity index (χ0) is 13.7. The quantitative estimate of drug-likeness (QED) is 0.683. The molecule has 0 saturated carbocycles. The van der Waals surface area contributed by atoms with Crippen LogP contribution in [0.3, 0.4) is 0 Å². The van der Waals surface area contributed by atoms with Gasteiger partial charge in [-0.15, -0.1) is 0 Å². The van der Waals surface area contributed by atoms with Gasteiger partial charge in [-0.1, -0.05) is 36.7 Å². The molecule has 1 aromatic carbocycles. The molecule has 4 heteroatoms. The Hall–Kier alpha value is -1.22. The Morgan fingerprint density at radius 3 is 2.74 bits per heavy atom. The van der Waals surface area contributed by atoms with Gasteiger partial charge in [-0.2, -0.15) is 0 Å². The second-order valence-corrected chi connectivity index (χ2v) is 5.66. The summed E-state index contributed by atoms with van der Waals surface area (Å²) in [4.78, 5) is 6.66. The highest BCUT2D eigenvalue weighted by atomic mass is 35.5. The van der Waals surface area contributed by atoms with Crippen molar-refractivity contribution < 1.29 is 0 Å². The molecule has 1 aromatic rings.